The van der Waals surface area contributed by atoms with E-state index in [0.717, 1.165) is 0 Å². The lowest BCUT2D eigenvalue weighted by molar-refractivity contribution is 0.0995. The Balaban J connectivity index is 2.11. The molecule has 9 heteroatoms. The zero-order chi connectivity index (χ0) is 21.7. The Morgan fingerprint density at radius 2 is 1.83 bits per heavy atom. The maximum absolute atomic E-state index is 14.5. The van der Waals surface area contributed by atoms with E-state index in [1.165, 1.54) is 50.9 Å². The second-order valence-electron chi connectivity index (χ2n) is 6.15. The number of rotatable bonds is 8. The molecule has 1 aromatic heterocycles. The minimum Gasteiger partial charge on any atom is -0.493 e. The van der Waals surface area contributed by atoms with Crippen molar-refractivity contribution in [1.29, 1.82) is 0 Å². The summed E-state index contributed by atoms with van der Waals surface area (Å²) in [4.78, 5) is 17.6. The fourth-order valence-corrected chi connectivity index (χ4v) is 4.10. The molecule has 1 heterocycles. The molecule has 1 amide bonds. The summed E-state index contributed by atoms with van der Waals surface area (Å²) >= 11 is 1.24. The first-order valence-electron chi connectivity index (χ1n) is 9.28. The molecule has 0 spiro atoms. The molecule has 3 aromatic rings. The van der Waals surface area contributed by atoms with E-state index in [2.05, 4.69) is 4.99 Å². The van der Waals surface area contributed by atoms with Crippen LogP contribution in [-0.4, -0.2) is 45.0 Å². The summed E-state index contributed by atoms with van der Waals surface area (Å²) in [5.74, 6) is 0.199. The molecule has 3 rings (SSSR count). The number of hydrogen-bond donors (Lipinski definition) is 0. The second-order valence-corrected chi connectivity index (χ2v) is 7.16. The fourth-order valence-electron chi connectivity index (χ4n) is 3.04. The van der Waals surface area contributed by atoms with E-state index in [-0.39, 0.29) is 11.4 Å². The van der Waals surface area contributed by atoms with Crippen molar-refractivity contribution in [1.82, 2.24) is 4.57 Å². The molecule has 160 valence electrons. The Morgan fingerprint density at radius 3 is 2.43 bits per heavy atom. The van der Waals surface area contributed by atoms with Crippen molar-refractivity contribution in [2.75, 3.05) is 34.5 Å². The highest BCUT2D eigenvalue weighted by Crippen LogP contribution is 2.38. The summed E-state index contributed by atoms with van der Waals surface area (Å²) in [7, 11) is 4.43. The second kappa shape index (κ2) is 9.73. The molecule has 0 bridgehead atoms. The lowest BCUT2D eigenvalue weighted by atomic mass is 10.1. The van der Waals surface area contributed by atoms with E-state index in [0.29, 0.717) is 52.0 Å². The van der Waals surface area contributed by atoms with E-state index in [1.54, 1.807) is 16.7 Å². The van der Waals surface area contributed by atoms with Crippen LogP contribution in [0.3, 0.4) is 0 Å². The van der Waals surface area contributed by atoms with Crippen LogP contribution in [-0.2, 0) is 11.3 Å². The van der Waals surface area contributed by atoms with Gasteiger partial charge in [0.05, 0.1) is 38.2 Å². The fraction of sp³-hybridized carbons (Fsp3) is 0.333. The number of carbonyl (C=O) groups excluding carboxylic acids is 1. The predicted octanol–water partition coefficient (Wildman–Crippen LogP) is 3.65. The highest BCUT2D eigenvalue weighted by Gasteiger charge is 2.18. The number of ether oxygens (including phenoxy) is 4. The van der Waals surface area contributed by atoms with Crippen LogP contribution in [0, 0.1) is 5.82 Å². The molecule has 0 radical (unpaired) electrons. The first-order chi connectivity index (χ1) is 14.5. The standard InChI is InChI=1S/C21H23FN2O5S/c1-5-29-10-9-24-18-14(22)7-6-8-17(18)30-21(24)23-20(25)13-11-15(26-2)19(28-4)16(12-13)27-3/h6-8,11-12H,5,9-10H2,1-4H3. The number of methoxy groups -OCH3 is 3. The van der Waals surface area contributed by atoms with Crippen LogP contribution in [0.4, 0.5) is 4.39 Å². The van der Waals surface area contributed by atoms with Gasteiger partial charge in [0.1, 0.15) is 5.82 Å². The molecular weight excluding hydrogens is 411 g/mol. The highest BCUT2D eigenvalue weighted by molar-refractivity contribution is 7.16. The third kappa shape index (κ3) is 4.31. The molecule has 30 heavy (non-hydrogen) atoms. The van der Waals surface area contributed by atoms with E-state index in [9.17, 15) is 9.18 Å². The third-order valence-electron chi connectivity index (χ3n) is 4.42. The van der Waals surface area contributed by atoms with E-state index in [4.69, 9.17) is 18.9 Å². The van der Waals surface area contributed by atoms with Crippen LogP contribution in [0.5, 0.6) is 17.2 Å². The molecule has 0 aliphatic rings. The minimum atomic E-state index is -0.508. The van der Waals surface area contributed by atoms with Crippen LogP contribution in [0.2, 0.25) is 0 Å². The van der Waals surface area contributed by atoms with E-state index >= 15 is 0 Å². The number of fused-ring (bicyclic) bond motifs is 1. The first kappa shape index (κ1) is 21.8. The Kier molecular flexibility index (Phi) is 7.07. The van der Waals surface area contributed by atoms with Gasteiger partial charge in [0.25, 0.3) is 5.91 Å². The third-order valence-corrected chi connectivity index (χ3v) is 5.47. The van der Waals surface area contributed by atoms with Crippen molar-refractivity contribution >= 4 is 27.5 Å². The monoisotopic (exact) mass is 434 g/mol. The van der Waals surface area contributed by atoms with Crippen molar-refractivity contribution < 1.29 is 28.1 Å². The predicted molar refractivity (Wildman–Crippen MR) is 112 cm³/mol. The van der Waals surface area contributed by atoms with Gasteiger partial charge in [0.2, 0.25) is 5.75 Å². The molecule has 2 aromatic carbocycles. The van der Waals surface area contributed by atoms with Crippen LogP contribution < -0.4 is 19.0 Å². The number of halogens is 1. The molecule has 7 nitrogen and oxygen atoms in total. The molecule has 0 aliphatic heterocycles. The quantitative estimate of drug-likeness (QED) is 0.506. The summed E-state index contributed by atoms with van der Waals surface area (Å²) in [6.07, 6.45) is 0. The van der Waals surface area contributed by atoms with Gasteiger partial charge < -0.3 is 23.5 Å². The Morgan fingerprint density at radius 1 is 1.13 bits per heavy atom. The molecule has 0 atom stereocenters. The van der Waals surface area contributed by atoms with Gasteiger partial charge in [-0.15, -0.1) is 0 Å². The molecule has 0 unspecified atom stereocenters. The van der Waals surface area contributed by atoms with Crippen LogP contribution in [0.15, 0.2) is 35.3 Å². The number of hydrogen-bond acceptors (Lipinski definition) is 6. The van der Waals surface area contributed by atoms with Gasteiger partial charge in [-0.05, 0) is 31.2 Å². The van der Waals surface area contributed by atoms with Crippen LogP contribution >= 0.6 is 11.3 Å². The zero-order valence-corrected chi connectivity index (χ0v) is 18.0. The summed E-state index contributed by atoms with van der Waals surface area (Å²) in [6.45, 7) is 3.18. The number of carbonyl (C=O) groups is 1. The number of aromatic nitrogens is 1. The molecule has 0 fully saturated rings. The maximum Gasteiger partial charge on any atom is 0.279 e. The van der Waals surface area contributed by atoms with Gasteiger partial charge in [-0.3, -0.25) is 4.79 Å². The summed E-state index contributed by atoms with van der Waals surface area (Å²) in [6, 6.07) is 7.88. The molecule has 0 saturated carbocycles. The van der Waals surface area contributed by atoms with E-state index in [1.807, 2.05) is 6.92 Å². The Labute approximate surface area is 177 Å². The Hall–Kier alpha value is -2.91. The number of nitrogens with zero attached hydrogens (tertiary/aromatic N) is 2. The van der Waals surface area contributed by atoms with Crippen LogP contribution in [0.25, 0.3) is 10.2 Å². The van der Waals surface area contributed by atoms with Crippen molar-refractivity contribution in [2.45, 2.75) is 13.5 Å². The number of amides is 1. The van der Waals surface area contributed by atoms with Gasteiger partial charge in [0.15, 0.2) is 16.3 Å². The summed E-state index contributed by atoms with van der Waals surface area (Å²) in [5.41, 5.74) is 0.664. The SMILES string of the molecule is CCOCCn1c(=NC(=O)c2cc(OC)c(OC)c(OC)c2)sc2cccc(F)c21. The average Bonchev–Trinajstić information content (AvgIpc) is 3.10. The van der Waals surface area contributed by atoms with Crippen molar-refractivity contribution in [2.24, 2.45) is 4.99 Å². The van der Waals surface area contributed by atoms with Gasteiger partial charge in [0, 0.05) is 18.7 Å². The van der Waals surface area contributed by atoms with Crippen LogP contribution in [0.1, 0.15) is 17.3 Å². The van der Waals surface area contributed by atoms with Gasteiger partial charge >= 0.3 is 0 Å². The summed E-state index contributed by atoms with van der Waals surface area (Å²) in [5, 5.41) is 0. The zero-order valence-electron chi connectivity index (χ0n) is 17.2. The topological polar surface area (TPSA) is 71.3 Å². The largest absolute Gasteiger partial charge is 0.493 e. The molecule has 0 N–H and O–H groups in total. The summed E-state index contributed by atoms with van der Waals surface area (Å²) < 4.78 is 38.2. The minimum absolute atomic E-state index is 0.263. The first-order valence-corrected chi connectivity index (χ1v) is 10.1. The number of benzene rings is 2. The van der Waals surface area contributed by atoms with Gasteiger partial charge in [-0.1, -0.05) is 17.4 Å². The highest BCUT2D eigenvalue weighted by atomic mass is 32.1. The van der Waals surface area contributed by atoms with Crippen molar-refractivity contribution in [3.63, 3.8) is 0 Å². The number of para-hydroxylation sites is 1. The smallest absolute Gasteiger partial charge is 0.279 e. The molecule has 0 aliphatic carbocycles. The van der Waals surface area contributed by atoms with Crippen molar-refractivity contribution in [3.05, 3.63) is 46.5 Å². The average molecular weight is 434 g/mol. The van der Waals surface area contributed by atoms with Crippen molar-refractivity contribution in [3.8, 4) is 17.2 Å². The van der Waals surface area contributed by atoms with E-state index < -0.39 is 5.91 Å². The number of thiazole rings is 1. The lowest BCUT2D eigenvalue weighted by Crippen LogP contribution is -2.20. The molecule has 0 saturated heterocycles. The van der Waals surface area contributed by atoms with Gasteiger partial charge in [-0.2, -0.15) is 4.99 Å². The molecular formula is C21H23FN2O5S. The normalized spacial score (nSPS) is 11.7. The van der Waals surface area contributed by atoms with Gasteiger partial charge in [-0.25, -0.2) is 4.39 Å². The maximum atomic E-state index is 14.5. The lowest BCUT2D eigenvalue weighted by Gasteiger charge is -2.12. The Bertz CT molecular complexity index is 1100.